The molecule has 3 aromatic rings. The van der Waals surface area contributed by atoms with Crippen molar-refractivity contribution in [3.63, 3.8) is 0 Å². The van der Waals surface area contributed by atoms with Gasteiger partial charge in [0, 0.05) is 5.56 Å². The van der Waals surface area contributed by atoms with Crippen molar-refractivity contribution in [3.8, 4) is 28.7 Å². The summed E-state index contributed by atoms with van der Waals surface area (Å²) in [6.07, 6.45) is 1.41. The predicted molar refractivity (Wildman–Crippen MR) is 83.5 cm³/mol. The molecule has 0 aliphatic heterocycles. The van der Waals surface area contributed by atoms with Crippen molar-refractivity contribution in [1.29, 1.82) is 5.26 Å². The van der Waals surface area contributed by atoms with Crippen LogP contribution in [0.15, 0.2) is 53.1 Å². The Bertz CT molecular complexity index is 911. The Balaban J connectivity index is 2.44. The molecule has 0 fully saturated rings. The minimum absolute atomic E-state index is 0.145. The average molecular weight is 305 g/mol. The Labute approximate surface area is 131 Å². The van der Waals surface area contributed by atoms with Crippen molar-refractivity contribution in [2.75, 3.05) is 0 Å². The zero-order valence-corrected chi connectivity index (χ0v) is 12.2. The van der Waals surface area contributed by atoms with E-state index >= 15 is 0 Å². The smallest absolute Gasteiger partial charge is 0.307 e. The van der Waals surface area contributed by atoms with E-state index in [9.17, 15) is 15.4 Å². The fraction of sp³-hybridized carbons (Fsp3) is 0.0588. The standard InChI is InChI=1S/C17H11N3O3/c1-11-13(10-18)15(14-8-5-9-23-14)17(20(21)22)16(19-11)12-6-3-2-4-7-12/h2-9H,1H3. The van der Waals surface area contributed by atoms with Crippen molar-refractivity contribution in [3.05, 3.63) is 70.1 Å². The minimum Gasteiger partial charge on any atom is -0.464 e. The van der Waals surface area contributed by atoms with Crippen LogP contribution in [-0.2, 0) is 0 Å². The number of hydrogen-bond acceptors (Lipinski definition) is 5. The van der Waals surface area contributed by atoms with Crippen molar-refractivity contribution in [2.45, 2.75) is 6.92 Å². The number of nitriles is 1. The summed E-state index contributed by atoms with van der Waals surface area (Å²) in [5.74, 6) is 0.274. The van der Waals surface area contributed by atoms with Gasteiger partial charge in [0.05, 0.1) is 22.4 Å². The maximum atomic E-state index is 11.7. The number of rotatable bonds is 3. The second-order valence-electron chi connectivity index (χ2n) is 4.86. The van der Waals surface area contributed by atoms with Gasteiger partial charge in [-0.2, -0.15) is 5.26 Å². The molecule has 3 rings (SSSR count). The molecule has 2 heterocycles. The Kier molecular flexibility index (Phi) is 3.61. The summed E-state index contributed by atoms with van der Waals surface area (Å²) in [6.45, 7) is 1.65. The summed E-state index contributed by atoms with van der Waals surface area (Å²) in [4.78, 5) is 15.5. The van der Waals surface area contributed by atoms with Gasteiger partial charge in [-0.3, -0.25) is 10.1 Å². The maximum absolute atomic E-state index is 11.7. The third-order valence-electron chi connectivity index (χ3n) is 3.46. The fourth-order valence-electron chi connectivity index (χ4n) is 2.47. The largest absolute Gasteiger partial charge is 0.464 e. The van der Waals surface area contributed by atoms with Gasteiger partial charge >= 0.3 is 5.69 Å². The van der Waals surface area contributed by atoms with Crippen molar-refractivity contribution < 1.29 is 9.34 Å². The minimum atomic E-state index is -0.520. The monoisotopic (exact) mass is 305 g/mol. The highest BCUT2D eigenvalue weighted by atomic mass is 16.6. The van der Waals surface area contributed by atoms with Crippen LogP contribution in [0.25, 0.3) is 22.6 Å². The number of nitrogens with zero attached hydrogens (tertiary/aromatic N) is 3. The molecule has 0 atom stereocenters. The second-order valence-corrected chi connectivity index (χ2v) is 4.86. The van der Waals surface area contributed by atoms with E-state index in [1.165, 1.54) is 6.26 Å². The van der Waals surface area contributed by atoms with E-state index in [2.05, 4.69) is 4.98 Å². The first-order valence-electron chi connectivity index (χ1n) is 6.82. The summed E-state index contributed by atoms with van der Waals surface area (Å²) in [5.41, 5.74) is 1.33. The highest BCUT2D eigenvalue weighted by molar-refractivity contribution is 5.86. The van der Waals surface area contributed by atoms with Gasteiger partial charge in [-0.1, -0.05) is 30.3 Å². The highest BCUT2D eigenvalue weighted by Gasteiger charge is 2.30. The molecule has 1 aromatic carbocycles. The predicted octanol–water partition coefficient (Wildman–Crippen LogP) is 4.10. The molecule has 0 saturated carbocycles. The molecular weight excluding hydrogens is 294 g/mol. The van der Waals surface area contributed by atoms with Crippen LogP contribution in [0.3, 0.4) is 0 Å². The van der Waals surface area contributed by atoms with Gasteiger partial charge in [-0.05, 0) is 19.1 Å². The number of nitro groups is 1. The summed E-state index contributed by atoms with van der Waals surface area (Å²) in [7, 11) is 0. The van der Waals surface area contributed by atoms with Gasteiger partial charge in [0.15, 0.2) is 0 Å². The summed E-state index contributed by atoms with van der Waals surface area (Å²) < 4.78 is 5.32. The van der Waals surface area contributed by atoms with Gasteiger partial charge in [0.2, 0.25) is 0 Å². The maximum Gasteiger partial charge on any atom is 0.307 e. The molecule has 6 heteroatoms. The number of hydrogen-bond donors (Lipinski definition) is 0. The lowest BCUT2D eigenvalue weighted by atomic mass is 9.98. The summed E-state index contributed by atoms with van der Waals surface area (Å²) in [5, 5.41) is 21.1. The van der Waals surface area contributed by atoms with Crippen molar-refractivity contribution >= 4 is 5.69 Å². The van der Waals surface area contributed by atoms with E-state index in [4.69, 9.17) is 4.42 Å². The van der Waals surface area contributed by atoms with E-state index in [1.807, 2.05) is 12.1 Å². The molecule has 0 amide bonds. The molecule has 0 N–H and O–H groups in total. The van der Waals surface area contributed by atoms with Crippen LogP contribution in [0.4, 0.5) is 5.69 Å². The van der Waals surface area contributed by atoms with E-state index in [0.29, 0.717) is 11.3 Å². The molecule has 112 valence electrons. The molecule has 0 bridgehead atoms. The number of pyridine rings is 1. The lowest BCUT2D eigenvalue weighted by Crippen LogP contribution is -2.03. The highest BCUT2D eigenvalue weighted by Crippen LogP contribution is 2.40. The molecule has 0 aliphatic carbocycles. The van der Waals surface area contributed by atoms with Crippen LogP contribution < -0.4 is 0 Å². The number of aryl methyl sites for hydroxylation is 1. The summed E-state index contributed by atoms with van der Waals surface area (Å²) in [6, 6.07) is 14.1. The van der Waals surface area contributed by atoms with Gasteiger partial charge < -0.3 is 4.42 Å². The average Bonchev–Trinajstić information content (AvgIpc) is 3.08. The molecule has 0 saturated heterocycles. The third kappa shape index (κ3) is 2.45. The van der Waals surface area contributed by atoms with Crippen molar-refractivity contribution in [1.82, 2.24) is 4.98 Å². The zero-order chi connectivity index (χ0) is 16.4. The van der Waals surface area contributed by atoms with Crippen LogP contribution in [-0.4, -0.2) is 9.91 Å². The van der Waals surface area contributed by atoms with Gasteiger partial charge in [-0.15, -0.1) is 0 Å². The lowest BCUT2D eigenvalue weighted by molar-refractivity contribution is -0.383. The zero-order valence-electron chi connectivity index (χ0n) is 12.2. The molecule has 0 radical (unpaired) electrons. The molecule has 0 aliphatic rings. The number of benzene rings is 1. The van der Waals surface area contributed by atoms with Gasteiger partial charge in [0.25, 0.3) is 0 Å². The Morgan fingerprint density at radius 1 is 1.22 bits per heavy atom. The fourth-order valence-corrected chi connectivity index (χ4v) is 2.47. The van der Waals surface area contributed by atoms with Crippen LogP contribution in [0.1, 0.15) is 11.3 Å². The van der Waals surface area contributed by atoms with Gasteiger partial charge in [0.1, 0.15) is 23.1 Å². The number of aromatic nitrogens is 1. The van der Waals surface area contributed by atoms with E-state index in [1.54, 1.807) is 43.3 Å². The second kappa shape index (κ2) is 5.73. The van der Waals surface area contributed by atoms with Crippen LogP contribution >= 0.6 is 0 Å². The molecule has 6 nitrogen and oxygen atoms in total. The normalized spacial score (nSPS) is 10.3. The Morgan fingerprint density at radius 3 is 2.52 bits per heavy atom. The van der Waals surface area contributed by atoms with Crippen molar-refractivity contribution in [2.24, 2.45) is 0 Å². The first kappa shape index (κ1) is 14.5. The molecule has 0 spiro atoms. The third-order valence-corrected chi connectivity index (χ3v) is 3.46. The quantitative estimate of drug-likeness (QED) is 0.536. The number of furan rings is 1. The Hall–Kier alpha value is -3.46. The van der Waals surface area contributed by atoms with E-state index < -0.39 is 4.92 Å². The SMILES string of the molecule is Cc1nc(-c2ccccc2)c([N+](=O)[O-])c(-c2ccco2)c1C#N. The van der Waals surface area contributed by atoms with E-state index in [0.717, 1.165) is 0 Å². The Morgan fingerprint density at radius 2 is 1.96 bits per heavy atom. The lowest BCUT2D eigenvalue weighted by Gasteiger charge is -2.10. The first-order chi connectivity index (χ1) is 11.1. The molecule has 23 heavy (non-hydrogen) atoms. The first-order valence-corrected chi connectivity index (χ1v) is 6.82. The van der Waals surface area contributed by atoms with E-state index in [-0.39, 0.29) is 28.3 Å². The van der Waals surface area contributed by atoms with Crippen LogP contribution in [0.5, 0.6) is 0 Å². The summed E-state index contributed by atoms with van der Waals surface area (Å²) >= 11 is 0. The van der Waals surface area contributed by atoms with Crippen LogP contribution in [0, 0.1) is 28.4 Å². The van der Waals surface area contributed by atoms with Crippen LogP contribution in [0.2, 0.25) is 0 Å². The topological polar surface area (TPSA) is 93.0 Å². The molecule has 0 unspecified atom stereocenters. The molecular formula is C17H11N3O3. The van der Waals surface area contributed by atoms with Gasteiger partial charge in [-0.25, -0.2) is 4.98 Å². The molecule has 2 aromatic heterocycles.